The monoisotopic (exact) mass is 512 g/mol. The number of nitrogens with zero attached hydrogens (tertiary/aromatic N) is 1. The summed E-state index contributed by atoms with van der Waals surface area (Å²) >= 11 is 0. The number of morpholine rings is 1. The van der Waals surface area contributed by atoms with E-state index in [1.54, 1.807) is 43.3 Å². The average molecular weight is 513 g/mol. The predicted molar refractivity (Wildman–Crippen MR) is 131 cm³/mol. The van der Waals surface area contributed by atoms with Gasteiger partial charge in [0.25, 0.3) is 0 Å². The Bertz CT molecular complexity index is 1190. The Balaban J connectivity index is 1.53. The van der Waals surface area contributed by atoms with E-state index >= 15 is 4.39 Å². The summed E-state index contributed by atoms with van der Waals surface area (Å²) in [5, 5.41) is 2.93. The molecule has 0 saturated carbocycles. The Morgan fingerprint density at radius 2 is 2.00 bits per heavy atom. The number of carbonyl (C=O) groups is 3. The molecule has 2 aromatic rings. The molecule has 1 spiro atoms. The molecular formula is C27H29FN2O7. The fourth-order valence-corrected chi connectivity index (χ4v) is 4.63. The zero-order valence-electron chi connectivity index (χ0n) is 20.7. The van der Waals surface area contributed by atoms with Crippen LogP contribution in [0, 0.1) is 5.82 Å². The van der Waals surface area contributed by atoms with Gasteiger partial charge in [0.2, 0.25) is 5.91 Å². The Morgan fingerprint density at radius 1 is 1.22 bits per heavy atom. The van der Waals surface area contributed by atoms with Crippen LogP contribution in [0.25, 0.3) is 11.1 Å². The number of hydrogen-bond donors (Lipinski definition) is 1. The summed E-state index contributed by atoms with van der Waals surface area (Å²) in [6.07, 6.45) is 2.03. The summed E-state index contributed by atoms with van der Waals surface area (Å²) in [7, 11) is 0. The number of rotatable bonds is 7. The number of nitrogens with one attached hydrogen (secondary N) is 1. The topological polar surface area (TPSA) is 103 Å². The summed E-state index contributed by atoms with van der Waals surface area (Å²) in [6.45, 7) is 3.83. The van der Waals surface area contributed by atoms with Gasteiger partial charge >= 0.3 is 12.1 Å². The molecule has 2 unspecified atom stereocenters. The minimum Gasteiger partial charge on any atom is -0.464 e. The van der Waals surface area contributed by atoms with Crippen molar-refractivity contribution in [1.82, 2.24) is 10.2 Å². The summed E-state index contributed by atoms with van der Waals surface area (Å²) in [6, 6.07) is 11.8. The van der Waals surface area contributed by atoms with Gasteiger partial charge in [0.15, 0.2) is 0 Å². The third-order valence-corrected chi connectivity index (χ3v) is 6.25. The van der Waals surface area contributed by atoms with Gasteiger partial charge in [-0.3, -0.25) is 4.79 Å². The van der Waals surface area contributed by atoms with Crippen molar-refractivity contribution in [1.29, 1.82) is 0 Å². The molecule has 0 aliphatic carbocycles. The van der Waals surface area contributed by atoms with E-state index in [4.69, 9.17) is 18.9 Å². The fraction of sp³-hybridized carbons (Fsp3) is 0.370. The Labute approximate surface area is 214 Å². The van der Waals surface area contributed by atoms with Crippen molar-refractivity contribution in [2.75, 3.05) is 26.4 Å². The highest BCUT2D eigenvalue weighted by atomic mass is 19.1. The zero-order valence-corrected chi connectivity index (χ0v) is 20.7. The lowest BCUT2D eigenvalue weighted by molar-refractivity contribution is -0.137. The molecule has 2 aromatic carbocycles. The minimum absolute atomic E-state index is 0.00893. The predicted octanol–water partition coefficient (Wildman–Crippen LogP) is 3.56. The highest BCUT2D eigenvalue weighted by Gasteiger charge is 2.47. The summed E-state index contributed by atoms with van der Waals surface area (Å²) in [5.74, 6) is -1.36. The van der Waals surface area contributed by atoms with Crippen LogP contribution < -0.4 is 10.1 Å². The number of amides is 2. The van der Waals surface area contributed by atoms with Crippen LogP contribution in [0.5, 0.6) is 5.75 Å². The largest absolute Gasteiger partial charge is 0.464 e. The maximum atomic E-state index is 15.7. The SMILES string of the molecule is CCOC(=O)C=COc1ccc(-c2ccccc2)c(F)c1COC(=O)N1CC2(COCC(=O)N2)CC1C. The number of halogens is 1. The van der Waals surface area contributed by atoms with E-state index in [0.29, 0.717) is 24.2 Å². The van der Waals surface area contributed by atoms with Gasteiger partial charge in [-0.2, -0.15) is 0 Å². The van der Waals surface area contributed by atoms with Crippen molar-refractivity contribution >= 4 is 18.0 Å². The lowest BCUT2D eigenvalue weighted by atomic mass is 9.96. The van der Waals surface area contributed by atoms with E-state index in [2.05, 4.69) is 5.32 Å². The van der Waals surface area contributed by atoms with E-state index in [9.17, 15) is 14.4 Å². The van der Waals surface area contributed by atoms with Gasteiger partial charge in [0, 0.05) is 18.2 Å². The first kappa shape index (κ1) is 26.2. The molecule has 2 aliphatic rings. The number of carbonyl (C=O) groups excluding carboxylic acids is 3. The molecule has 2 atom stereocenters. The second-order valence-electron chi connectivity index (χ2n) is 9.00. The molecular weight excluding hydrogens is 483 g/mol. The molecule has 0 aromatic heterocycles. The van der Waals surface area contributed by atoms with Crippen LogP contribution in [0.3, 0.4) is 0 Å². The molecule has 2 aliphatic heterocycles. The highest BCUT2D eigenvalue weighted by molar-refractivity contribution is 5.81. The Hall–Kier alpha value is -3.92. The van der Waals surface area contributed by atoms with Crippen LogP contribution >= 0.6 is 0 Å². The second-order valence-corrected chi connectivity index (χ2v) is 9.00. The van der Waals surface area contributed by atoms with Gasteiger partial charge in [0.1, 0.15) is 24.8 Å². The van der Waals surface area contributed by atoms with Gasteiger partial charge in [-0.15, -0.1) is 0 Å². The summed E-state index contributed by atoms with van der Waals surface area (Å²) in [4.78, 5) is 37.9. The minimum atomic E-state index is -0.668. The number of benzene rings is 2. The molecule has 10 heteroatoms. The standard InChI is InChI=1S/C27H29FN2O7/c1-3-35-24(32)11-12-36-22-10-9-20(19-7-5-4-6-8-19)25(28)21(22)14-37-26(33)30-16-27(13-18(30)2)17-34-15-23(31)29-27/h4-12,18H,3,13-17H2,1-2H3,(H,29,31). The van der Waals surface area contributed by atoms with Crippen LogP contribution in [0.1, 0.15) is 25.8 Å². The van der Waals surface area contributed by atoms with Gasteiger partial charge in [0.05, 0.1) is 36.7 Å². The molecule has 2 heterocycles. The molecule has 1 N–H and O–H groups in total. The third-order valence-electron chi connectivity index (χ3n) is 6.25. The normalized spacial score (nSPS) is 21.2. The van der Waals surface area contributed by atoms with Crippen LogP contribution in [-0.4, -0.2) is 60.8 Å². The van der Waals surface area contributed by atoms with Crippen LogP contribution in [0.2, 0.25) is 0 Å². The maximum absolute atomic E-state index is 15.7. The second kappa shape index (κ2) is 11.4. The van der Waals surface area contributed by atoms with Gasteiger partial charge < -0.3 is 29.2 Å². The zero-order chi connectivity index (χ0) is 26.4. The van der Waals surface area contributed by atoms with Crippen LogP contribution in [0.15, 0.2) is 54.8 Å². The molecule has 0 bridgehead atoms. The van der Waals surface area contributed by atoms with Crippen molar-refractivity contribution in [3.8, 4) is 16.9 Å². The Kier molecular flexibility index (Phi) is 8.08. The lowest BCUT2D eigenvalue weighted by Gasteiger charge is -2.33. The highest BCUT2D eigenvalue weighted by Crippen LogP contribution is 2.33. The van der Waals surface area contributed by atoms with E-state index in [1.165, 1.54) is 4.90 Å². The summed E-state index contributed by atoms with van der Waals surface area (Å²) < 4.78 is 36.9. The Morgan fingerprint density at radius 3 is 2.73 bits per heavy atom. The first-order chi connectivity index (χ1) is 17.8. The number of ether oxygens (including phenoxy) is 4. The maximum Gasteiger partial charge on any atom is 0.410 e. The van der Waals surface area contributed by atoms with Crippen molar-refractivity contribution in [3.05, 3.63) is 66.2 Å². The molecule has 196 valence electrons. The fourth-order valence-electron chi connectivity index (χ4n) is 4.63. The third kappa shape index (κ3) is 6.08. The molecule has 4 rings (SSSR count). The van der Waals surface area contributed by atoms with E-state index < -0.39 is 30.0 Å². The van der Waals surface area contributed by atoms with E-state index in [0.717, 1.165) is 12.3 Å². The smallest absolute Gasteiger partial charge is 0.410 e. The van der Waals surface area contributed by atoms with Crippen LogP contribution in [-0.2, 0) is 30.4 Å². The van der Waals surface area contributed by atoms with Crippen molar-refractivity contribution < 1.29 is 37.7 Å². The first-order valence-electron chi connectivity index (χ1n) is 12.0. The molecule has 2 amide bonds. The molecule has 0 radical (unpaired) electrons. The van der Waals surface area contributed by atoms with E-state index in [1.807, 2.05) is 13.0 Å². The van der Waals surface area contributed by atoms with Gasteiger partial charge in [-0.25, -0.2) is 14.0 Å². The lowest BCUT2D eigenvalue weighted by Crippen LogP contribution is -2.58. The molecule has 2 fully saturated rings. The molecule has 2 saturated heterocycles. The van der Waals surface area contributed by atoms with Crippen molar-refractivity contribution in [2.24, 2.45) is 0 Å². The molecule has 37 heavy (non-hydrogen) atoms. The molecule has 9 nitrogen and oxygen atoms in total. The number of hydrogen-bond acceptors (Lipinski definition) is 7. The van der Waals surface area contributed by atoms with E-state index in [-0.39, 0.29) is 43.0 Å². The van der Waals surface area contributed by atoms with Crippen molar-refractivity contribution in [3.63, 3.8) is 0 Å². The van der Waals surface area contributed by atoms with Crippen LogP contribution in [0.4, 0.5) is 9.18 Å². The average Bonchev–Trinajstić information content (AvgIpc) is 3.18. The quantitative estimate of drug-likeness (QED) is 0.344. The summed E-state index contributed by atoms with van der Waals surface area (Å²) in [5.41, 5.74) is 0.297. The van der Waals surface area contributed by atoms with Crippen molar-refractivity contribution in [2.45, 2.75) is 38.5 Å². The first-order valence-corrected chi connectivity index (χ1v) is 12.0. The number of esters is 1. The van der Waals surface area contributed by atoms with Gasteiger partial charge in [-0.1, -0.05) is 30.3 Å². The number of likely N-dealkylation sites (tertiary alicyclic amines) is 1. The van der Waals surface area contributed by atoms with Gasteiger partial charge in [-0.05, 0) is 38.0 Å².